The first-order chi connectivity index (χ1) is 12.2. The quantitative estimate of drug-likeness (QED) is 0.781. The molecule has 2 unspecified atom stereocenters. The molecule has 3 rings (SSSR count). The molecule has 0 radical (unpaired) electrons. The maximum absolute atomic E-state index is 13.2. The zero-order valence-corrected chi connectivity index (χ0v) is 14.3. The number of hydrogen-bond donors (Lipinski definition) is 0. The normalized spacial score (nSPS) is 19.6. The molecule has 0 aromatic heterocycles. The van der Waals surface area contributed by atoms with Crippen molar-refractivity contribution in [2.45, 2.75) is 26.2 Å². The second-order valence-electron chi connectivity index (χ2n) is 6.07. The summed E-state index contributed by atoms with van der Waals surface area (Å²) in [6.45, 7) is 3.84. The van der Waals surface area contributed by atoms with E-state index in [1.807, 2.05) is 62.4 Å². The van der Waals surface area contributed by atoms with Gasteiger partial charge in [0.05, 0.1) is 17.6 Å². The third kappa shape index (κ3) is 3.14. The lowest BCUT2D eigenvalue weighted by molar-refractivity contribution is 0.0948. The number of carbonyl (C=O) groups is 1. The Morgan fingerprint density at radius 1 is 1.08 bits per heavy atom. The number of carbonyl (C=O) groups excluding carboxylic acids is 1. The molecule has 1 aliphatic heterocycles. The minimum atomic E-state index is -0.440. The molecule has 1 aliphatic rings. The van der Waals surface area contributed by atoms with Gasteiger partial charge in [-0.25, -0.2) is 0 Å². The van der Waals surface area contributed by atoms with Crippen molar-refractivity contribution in [2.24, 2.45) is 16.1 Å². The molecule has 0 spiro atoms. The Hall–Kier alpha value is -3.06. The van der Waals surface area contributed by atoms with Crippen molar-refractivity contribution in [3.05, 3.63) is 71.3 Å². The first-order valence-electron chi connectivity index (χ1n) is 8.36. The Balaban J connectivity index is 2.14. The average Bonchev–Trinajstić information content (AvgIpc) is 2.67. The van der Waals surface area contributed by atoms with Crippen molar-refractivity contribution >= 4 is 17.2 Å². The number of rotatable bonds is 4. The summed E-state index contributed by atoms with van der Waals surface area (Å²) < 4.78 is 0. The van der Waals surface area contributed by atoms with Crippen LogP contribution in [0.4, 0.5) is 0 Å². The molecule has 0 N–H and O–H groups in total. The van der Waals surface area contributed by atoms with Crippen molar-refractivity contribution < 1.29 is 4.79 Å². The van der Waals surface area contributed by atoms with E-state index in [-0.39, 0.29) is 11.7 Å². The predicted octanol–water partition coefficient (Wildman–Crippen LogP) is 4.38. The summed E-state index contributed by atoms with van der Waals surface area (Å²) in [7, 11) is 0. The molecule has 0 saturated carbocycles. The van der Waals surface area contributed by atoms with E-state index in [4.69, 9.17) is 0 Å². The van der Waals surface area contributed by atoms with Gasteiger partial charge in [0.2, 0.25) is 0 Å². The lowest BCUT2D eigenvalue weighted by Gasteiger charge is -2.30. The Bertz CT molecular complexity index is 891. The maximum atomic E-state index is 13.2. The molecule has 0 fully saturated rings. The summed E-state index contributed by atoms with van der Waals surface area (Å²) in [5, 5.41) is 18.1. The van der Waals surface area contributed by atoms with Crippen LogP contribution in [0.15, 0.2) is 64.8 Å². The molecule has 1 heterocycles. The molecule has 124 valence electrons. The summed E-state index contributed by atoms with van der Waals surface area (Å²) in [5.74, 6) is -0.684. The van der Waals surface area contributed by atoms with Crippen molar-refractivity contribution in [2.75, 3.05) is 0 Å². The van der Waals surface area contributed by atoms with Crippen LogP contribution in [0.2, 0.25) is 0 Å². The third-order valence-electron chi connectivity index (χ3n) is 4.60. The molecule has 4 heteroatoms. The van der Waals surface area contributed by atoms with Crippen molar-refractivity contribution in [3.63, 3.8) is 0 Å². The van der Waals surface area contributed by atoms with E-state index in [1.165, 1.54) is 0 Å². The molecule has 0 amide bonds. The van der Waals surface area contributed by atoms with Gasteiger partial charge in [0.1, 0.15) is 0 Å². The van der Waals surface area contributed by atoms with Gasteiger partial charge in [-0.05, 0) is 25.0 Å². The summed E-state index contributed by atoms with van der Waals surface area (Å²) in [5.41, 5.74) is 3.59. The van der Waals surface area contributed by atoms with E-state index in [2.05, 4.69) is 16.3 Å². The van der Waals surface area contributed by atoms with Gasteiger partial charge in [-0.3, -0.25) is 4.79 Å². The first kappa shape index (κ1) is 16.8. The minimum absolute atomic E-state index is 0.0143. The fraction of sp³-hybridized carbons (Fsp3) is 0.238. The van der Waals surface area contributed by atoms with Crippen molar-refractivity contribution in [3.8, 4) is 6.07 Å². The van der Waals surface area contributed by atoms with Crippen LogP contribution in [0.25, 0.3) is 0 Å². The Kier molecular flexibility index (Phi) is 4.85. The zero-order valence-electron chi connectivity index (χ0n) is 14.3. The number of ketones is 1. The van der Waals surface area contributed by atoms with Gasteiger partial charge in [-0.15, -0.1) is 0 Å². The smallest absolute Gasteiger partial charge is 0.172 e. The molecule has 25 heavy (non-hydrogen) atoms. The van der Waals surface area contributed by atoms with Gasteiger partial charge in [-0.1, -0.05) is 55.5 Å². The summed E-state index contributed by atoms with van der Waals surface area (Å²) >= 11 is 0. The summed E-state index contributed by atoms with van der Waals surface area (Å²) in [6, 6.07) is 18.9. The highest BCUT2D eigenvalue weighted by molar-refractivity contribution is 6.17. The topological polar surface area (TPSA) is 65.6 Å². The third-order valence-corrected chi connectivity index (χ3v) is 4.60. The Morgan fingerprint density at radius 2 is 1.76 bits per heavy atom. The number of Topliss-reactive ketones (excluding diaryl/α,β-unsaturated/α-hetero) is 1. The van der Waals surface area contributed by atoms with Crippen LogP contribution in [-0.4, -0.2) is 17.2 Å². The first-order valence-corrected chi connectivity index (χ1v) is 8.36. The molecule has 4 nitrogen and oxygen atoms in total. The van der Waals surface area contributed by atoms with Crippen LogP contribution in [0, 0.1) is 17.2 Å². The largest absolute Gasteiger partial charge is 0.293 e. The van der Waals surface area contributed by atoms with Crippen molar-refractivity contribution in [1.29, 1.82) is 5.26 Å². The van der Waals surface area contributed by atoms with Crippen LogP contribution in [0.3, 0.4) is 0 Å². The van der Waals surface area contributed by atoms with Crippen LogP contribution < -0.4 is 0 Å². The molecule has 2 aromatic carbocycles. The minimum Gasteiger partial charge on any atom is -0.293 e. The highest BCUT2D eigenvalue weighted by Gasteiger charge is 2.38. The second kappa shape index (κ2) is 7.23. The van der Waals surface area contributed by atoms with Gasteiger partial charge in [0.25, 0.3) is 0 Å². The summed E-state index contributed by atoms with van der Waals surface area (Å²) in [6.07, 6.45) is 0.680. The van der Waals surface area contributed by atoms with Crippen LogP contribution in [-0.2, 0) is 0 Å². The molecule has 2 atom stereocenters. The molecule has 0 aliphatic carbocycles. The fourth-order valence-corrected chi connectivity index (χ4v) is 3.34. The van der Waals surface area contributed by atoms with Crippen LogP contribution in [0.1, 0.15) is 47.7 Å². The monoisotopic (exact) mass is 329 g/mol. The van der Waals surface area contributed by atoms with Gasteiger partial charge < -0.3 is 0 Å². The predicted molar refractivity (Wildman–Crippen MR) is 99.0 cm³/mol. The maximum Gasteiger partial charge on any atom is 0.172 e. The van der Waals surface area contributed by atoms with Crippen molar-refractivity contribution in [1.82, 2.24) is 0 Å². The highest BCUT2D eigenvalue weighted by Crippen LogP contribution is 2.35. The molecule has 2 aromatic rings. The van der Waals surface area contributed by atoms with Gasteiger partial charge in [0, 0.05) is 22.9 Å². The zero-order chi connectivity index (χ0) is 17.8. The SMILES string of the molecule is CCC1=NN=C(C)C(C(=O)c2ccccc2)C1c1ccccc1C#N. The lowest BCUT2D eigenvalue weighted by atomic mass is 9.74. The van der Waals surface area contributed by atoms with Crippen LogP contribution in [0.5, 0.6) is 0 Å². The standard InChI is InChI=1S/C21H19N3O/c1-3-18-20(17-12-8-7-11-16(17)13-22)19(14(2)23-24-18)21(25)15-9-5-4-6-10-15/h4-12,19-20H,3H2,1-2H3. The molecule has 0 bridgehead atoms. The van der Waals surface area contributed by atoms with Gasteiger partial charge >= 0.3 is 0 Å². The Morgan fingerprint density at radius 3 is 2.44 bits per heavy atom. The average molecular weight is 329 g/mol. The molecular weight excluding hydrogens is 310 g/mol. The highest BCUT2D eigenvalue weighted by atomic mass is 16.1. The lowest BCUT2D eigenvalue weighted by Crippen LogP contribution is -2.36. The van der Waals surface area contributed by atoms with E-state index in [0.717, 1.165) is 11.3 Å². The second-order valence-corrected chi connectivity index (χ2v) is 6.07. The molecule has 0 saturated heterocycles. The van der Waals surface area contributed by atoms with E-state index < -0.39 is 5.92 Å². The number of nitriles is 1. The van der Waals surface area contributed by atoms with E-state index in [1.54, 1.807) is 6.07 Å². The fourth-order valence-electron chi connectivity index (χ4n) is 3.34. The Labute approximate surface area is 147 Å². The number of hydrogen-bond acceptors (Lipinski definition) is 4. The number of nitrogens with zero attached hydrogens (tertiary/aromatic N) is 3. The van der Waals surface area contributed by atoms with Gasteiger partial charge in [0.15, 0.2) is 5.78 Å². The summed E-state index contributed by atoms with van der Waals surface area (Å²) in [4.78, 5) is 13.2. The number of benzene rings is 2. The van der Waals surface area contributed by atoms with E-state index in [9.17, 15) is 10.1 Å². The van der Waals surface area contributed by atoms with E-state index >= 15 is 0 Å². The van der Waals surface area contributed by atoms with Gasteiger partial charge in [-0.2, -0.15) is 15.5 Å². The van der Waals surface area contributed by atoms with Crippen LogP contribution >= 0.6 is 0 Å². The van der Waals surface area contributed by atoms with E-state index in [0.29, 0.717) is 23.3 Å². The molecular formula is C21H19N3O.